The SMILES string of the molecule is C[C@H](C(=O)N[C@@H]1CCS(=O)(=O)C1)N(C)Cc1ccc2ccccc2c1. The maximum atomic E-state index is 12.4. The number of nitrogens with zero attached hydrogens (tertiary/aromatic N) is 1. The Hall–Kier alpha value is -1.92. The van der Waals surface area contributed by atoms with Gasteiger partial charge in [-0.3, -0.25) is 9.69 Å². The Kier molecular flexibility index (Phi) is 5.11. The zero-order valence-corrected chi connectivity index (χ0v) is 15.4. The van der Waals surface area contributed by atoms with Crippen LogP contribution in [-0.4, -0.2) is 49.9 Å². The zero-order chi connectivity index (χ0) is 18.0. The fraction of sp³-hybridized carbons (Fsp3) is 0.421. The molecule has 1 N–H and O–H groups in total. The smallest absolute Gasteiger partial charge is 0.237 e. The van der Waals surface area contributed by atoms with Crippen LogP contribution >= 0.6 is 0 Å². The molecule has 1 aliphatic heterocycles. The molecular weight excluding hydrogens is 336 g/mol. The molecule has 25 heavy (non-hydrogen) atoms. The topological polar surface area (TPSA) is 66.5 Å². The van der Waals surface area contributed by atoms with Crippen molar-refractivity contribution in [1.29, 1.82) is 0 Å². The van der Waals surface area contributed by atoms with Crippen molar-refractivity contribution in [1.82, 2.24) is 10.2 Å². The van der Waals surface area contributed by atoms with Gasteiger partial charge in [-0.25, -0.2) is 8.42 Å². The average Bonchev–Trinajstić information content (AvgIpc) is 2.92. The minimum Gasteiger partial charge on any atom is -0.351 e. The van der Waals surface area contributed by atoms with Crippen molar-refractivity contribution in [2.45, 2.75) is 32.0 Å². The lowest BCUT2D eigenvalue weighted by molar-refractivity contribution is -0.126. The molecule has 3 rings (SSSR count). The van der Waals surface area contributed by atoms with E-state index < -0.39 is 9.84 Å². The van der Waals surface area contributed by atoms with Gasteiger partial charge in [0.1, 0.15) is 0 Å². The highest BCUT2D eigenvalue weighted by molar-refractivity contribution is 7.91. The van der Waals surface area contributed by atoms with Crippen LogP contribution in [0.1, 0.15) is 18.9 Å². The van der Waals surface area contributed by atoms with E-state index in [0.717, 1.165) is 5.56 Å². The molecule has 5 nitrogen and oxygen atoms in total. The van der Waals surface area contributed by atoms with Crippen LogP contribution in [0.15, 0.2) is 42.5 Å². The first-order valence-electron chi connectivity index (χ1n) is 8.53. The summed E-state index contributed by atoms with van der Waals surface area (Å²) in [6, 6.07) is 13.9. The molecule has 2 aromatic carbocycles. The number of carbonyl (C=O) groups is 1. The van der Waals surface area contributed by atoms with Crippen LogP contribution in [0.2, 0.25) is 0 Å². The molecule has 0 spiro atoms. The van der Waals surface area contributed by atoms with E-state index in [1.54, 1.807) is 0 Å². The molecule has 0 aliphatic carbocycles. The summed E-state index contributed by atoms with van der Waals surface area (Å²) in [5.41, 5.74) is 1.14. The predicted octanol–water partition coefficient (Wildman–Crippen LogP) is 1.96. The second kappa shape index (κ2) is 7.14. The van der Waals surface area contributed by atoms with Crippen LogP contribution in [0.4, 0.5) is 0 Å². The van der Waals surface area contributed by atoms with Crippen molar-refractivity contribution in [2.75, 3.05) is 18.6 Å². The summed E-state index contributed by atoms with van der Waals surface area (Å²) in [5, 5.41) is 5.25. The molecule has 0 radical (unpaired) electrons. The first kappa shape index (κ1) is 17.9. The normalized spacial score (nSPS) is 20.7. The molecular formula is C19H24N2O3S. The van der Waals surface area contributed by atoms with Crippen LogP contribution in [0.25, 0.3) is 10.8 Å². The van der Waals surface area contributed by atoms with Gasteiger partial charge < -0.3 is 5.32 Å². The monoisotopic (exact) mass is 360 g/mol. The Balaban J connectivity index is 1.61. The number of likely N-dealkylation sites (N-methyl/N-ethyl adjacent to an activating group) is 1. The predicted molar refractivity (Wildman–Crippen MR) is 100 cm³/mol. The van der Waals surface area contributed by atoms with E-state index >= 15 is 0 Å². The van der Waals surface area contributed by atoms with Gasteiger partial charge in [0.25, 0.3) is 0 Å². The number of fused-ring (bicyclic) bond motifs is 1. The number of nitrogens with one attached hydrogen (secondary N) is 1. The number of carbonyl (C=O) groups excluding carboxylic acids is 1. The minimum atomic E-state index is -2.98. The van der Waals surface area contributed by atoms with Crippen LogP contribution in [0, 0.1) is 0 Å². The number of hydrogen-bond acceptors (Lipinski definition) is 4. The van der Waals surface area contributed by atoms with Gasteiger partial charge in [0.05, 0.1) is 17.5 Å². The van der Waals surface area contributed by atoms with E-state index in [2.05, 4.69) is 35.6 Å². The molecule has 1 fully saturated rings. The lowest BCUT2D eigenvalue weighted by Crippen LogP contribution is -2.47. The zero-order valence-electron chi connectivity index (χ0n) is 14.6. The quantitative estimate of drug-likeness (QED) is 0.885. The van der Waals surface area contributed by atoms with E-state index in [9.17, 15) is 13.2 Å². The van der Waals surface area contributed by atoms with E-state index in [0.29, 0.717) is 13.0 Å². The number of amides is 1. The average molecular weight is 360 g/mol. The van der Waals surface area contributed by atoms with Crippen molar-refractivity contribution in [3.63, 3.8) is 0 Å². The number of rotatable bonds is 5. The summed E-state index contributed by atoms with van der Waals surface area (Å²) >= 11 is 0. The summed E-state index contributed by atoms with van der Waals surface area (Å²) < 4.78 is 23.0. The van der Waals surface area contributed by atoms with Crippen LogP contribution in [0.5, 0.6) is 0 Å². The standard InChI is InChI=1S/C19H24N2O3S/c1-14(19(22)20-18-9-10-25(23,24)13-18)21(2)12-15-7-8-16-5-3-4-6-17(16)11-15/h3-8,11,14,18H,9-10,12-13H2,1-2H3,(H,20,22)/t14-,18-/m1/s1. The number of hydrogen-bond donors (Lipinski definition) is 1. The van der Waals surface area contributed by atoms with Gasteiger partial charge in [0.2, 0.25) is 5.91 Å². The highest BCUT2D eigenvalue weighted by atomic mass is 32.2. The second-order valence-electron chi connectivity index (χ2n) is 6.88. The van der Waals surface area contributed by atoms with Crippen LogP contribution in [0.3, 0.4) is 0 Å². The van der Waals surface area contributed by atoms with E-state index in [4.69, 9.17) is 0 Å². The highest BCUT2D eigenvalue weighted by Gasteiger charge is 2.30. The van der Waals surface area contributed by atoms with Gasteiger partial charge in [-0.2, -0.15) is 0 Å². The van der Waals surface area contributed by atoms with Gasteiger partial charge in [0, 0.05) is 12.6 Å². The molecule has 1 heterocycles. The summed E-state index contributed by atoms with van der Waals surface area (Å²) in [5.74, 6) is 0.101. The van der Waals surface area contributed by atoms with Gasteiger partial charge >= 0.3 is 0 Å². The minimum absolute atomic E-state index is 0.0554. The van der Waals surface area contributed by atoms with Gasteiger partial charge in [-0.05, 0) is 42.8 Å². The molecule has 0 aromatic heterocycles. The lowest BCUT2D eigenvalue weighted by Gasteiger charge is -2.25. The molecule has 1 amide bonds. The highest BCUT2D eigenvalue weighted by Crippen LogP contribution is 2.17. The summed E-state index contributed by atoms with van der Waals surface area (Å²) in [6.45, 7) is 2.50. The third-order valence-electron chi connectivity index (χ3n) is 4.87. The van der Waals surface area contributed by atoms with Crippen LogP contribution < -0.4 is 5.32 Å². The second-order valence-corrected chi connectivity index (χ2v) is 9.11. The summed E-state index contributed by atoms with van der Waals surface area (Å²) in [7, 11) is -1.08. The molecule has 0 bridgehead atoms. The van der Waals surface area contributed by atoms with Crippen molar-refractivity contribution >= 4 is 26.5 Å². The van der Waals surface area contributed by atoms with Gasteiger partial charge in [0.15, 0.2) is 9.84 Å². The lowest BCUT2D eigenvalue weighted by atomic mass is 10.1. The van der Waals surface area contributed by atoms with Crippen molar-refractivity contribution in [2.24, 2.45) is 0 Å². The molecule has 2 atom stereocenters. The third kappa shape index (κ3) is 4.38. The molecule has 0 unspecified atom stereocenters. The van der Waals surface area contributed by atoms with E-state index in [-0.39, 0.29) is 29.5 Å². The maximum absolute atomic E-state index is 12.4. The van der Waals surface area contributed by atoms with Crippen molar-refractivity contribution < 1.29 is 13.2 Å². The van der Waals surface area contributed by atoms with Gasteiger partial charge in [-0.1, -0.05) is 36.4 Å². The fourth-order valence-electron chi connectivity index (χ4n) is 3.19. The Bertz CT molecular complexity index is 879. The number of sulfone groups is 1. The molecule has 6 heteroatoms. The third-order valence-corrected chi connectivity index (χ3v) is 6.63. The Labute approximate surface area is 148 Å². The molecule has 1 aliphatic rings. The maximum Gasteiger partial charge on any atom is 0.237 e. The summed E-state index contributed by atoms with van der Waals surface area (Å²) in [6.07, 6.45) is 0.509. The van der Waals surface area contributed by atoms with E-state index in [1.165, 1.54) is 10.8 Å². The van der Waals surface area contributed by atoms with E-state index in [1.807, 2.05) is 31.0 Å². The Morgan fingerprint density at radius 1 is 1.24 bits per heavy atom. The van der Waals surface area contributed by atoms with Crippen molar-refractivity contribution in [3.8, 4) is 0 Å². The van der Waals surface area contributed by atoms with Crippen molar-refractivity contribution in [3.05, 3.63) is 48.0 Å². The Morgan fingerprint density at radius 2 is 1.96 bits per heavy atom. The van der Waals surface area contributed by atoms with Crippen LogP contribution in [-0.2, 0) is 21.2 Å². The first-order valence-corrected chi connectivity index (χ1v) is 10.3. The van der Waals surface area contributed by atoms with Gasteiger partial charge in [-0.15, -0.1) is 0 Å². The summed E-state index contributed by atoms with van der Waals surface area (Å²) in [4.78, 5) is 14.4. The number of benzene rings is 2. The fourth-order valence-corrected chi connectivity index (χ4v) is 4.87. The largest absolute Gasteiger partial charge is 0.351 e. The molecule has 134 valence electrons. The first-order chi connectivity index (χ1) is 11.8. The molecule has 0 saturated carbocycles. The molecule has 1 saturated heterocycles. The molecule has 2 aromatic rings. The Morgan fingerprint density at radius 3 is 2.64 bits per heavy atom.